The SMILES string of the molecule is Cc1ccccc1-c1nc(Br)c2n1CC(O)CC2. The zero-order valence-electron chi connectivity index (χ0n) is 10.2. The number of aliphatic hydroxyl groups is 1. The number of aromatic nitrogens is 2. The average Bonchev–Trinajstić information content (AvgIpc) is 2.67. The molecule has 0 saturated carbocycles. The third kappa shape index (κ3) is 1.89. The van der Waals surface area contributed by atoms with E-state index in [2.05, 4.69) is 44.5 Å². The van der Waals surface area contributed by atoms with Gasteiger partial charge in [-0.15, -0.1) is 0 Å². The fraction of sp³-hybridized carbons (Fsp3) is 0.357. The van der Waals surface area contributed by atoms with Crippen molar-refractivity contribution in [2.24, 2.45) is 0 Å². The van der Waals surface area contributed by atoms with Gasteiger partial charge in [0.15, 0.2) is 0 Å². The molecule has 0 fully saturated rings. The quantitative estimate of drug-likeness (QED) is 0.879. The molecule has 1 aliphatic heterocycles. The lowest BCUT2D eigenvalue weighted by Gasteiger charge is -2.22. The molecule has 3 nitrogen and oxygen atoms in total. The van der Waals surface area contributed by atoms with Crippen LogP contribution in [0.2, 0.25) is 0 Å². The third-order valence-corrected chi connectivity index (χ3v) is 4.15. The molecule has 0 bridgehead atoms. The molecule has 18 heavy (non-hydrogen) atoms. The summed E-state index contributed by atoms with van der Waals surface area (Å²) in [6.45, 7) is 2.72. The lowest BCUT2D eigenvalue weighted by Crippen LogP contribution is -2.24. The lowest BCUT2D eigenvalue weighted by molar-refractivity contribution is 0.132. The fourth-order valence-electron chi connectivity index (χ4n) is 2.53. The number of nitrogens with zero attached hydrogens (tertiary/aromatic N) is 2. The third-order valence-electron chi connectivity index (χ3n) is 3.52. The van der Waals surface area contributed by atoms with E-state index in [1.54, 1.807) is 0 Å². The Bertz CT molecular complexity index is 591. The minimum atomic E-state index is -0.263. The van der Waals surface area contributed by atoms with Gasteiger partial charge in [-0.1, -0.05) is 24.3 Å². The second-order valence-electron chi connectivity index (χ2n) is 4.79. The van der Waals surface area contributed by atoms with Crippen LogP contribution in [0, 0.1) is 6.92 Å². The molecule has 0 aliphatic carbocycles. The maximum absolute atomic E-state index is 9.84. The zero-order chi connectivity index (χ0) is 12.7. The molecule has 0 saturated heterocycles. The first-order valence-corrected chi connectivity index (χ1v) is 6.95. The highest BCUT2D eigenvalue weighted by Crippen LogP contribution is 2.31. The van der Waals surface area contributed by atoms with Crippen molar-refractivity contribution < 1.29 is 5.11 Å². The van der Waals surface area contributed by atoms with Crippen molar-refractivity contribution in [3.05, 3.63) is 40.1 Å². The van der Waals surface area contributed by atoms with Gasteiger partial charge in [0.2, 0.25) is 0 Å². The van der Waals surface area contributed by atoms with Crippen LogP contribution in [0.5, 0.6) is 0 Å². The number of imidazole rings is 1. The normalized spacial score (nSPS) is 18.7. The van der Waals surface area contributed by atoms with Crippen molar-refractivity contribution in [3.63, 3.8) is 0 Å². The van der Waals surface area contributed by atoms with Crippen LogP contribution >= 0.6 is 15.9 Å². The number of hydrogen-bond donors (Lipinski definition) is 1. The number of aliphatic hydroxyl groups excluding tert-OH is 1. The molecule has 1 aromatic heterocycles. The average molecular weight is 307 g/mol. The maximum atomic E-state index is 9.84. The summed E-state index contributed by atoms with van der Waals surface area (Å²) < 4.78 is 3.05. The van der Waals surface area contributed by atoms with Crippen LogP contribution in [0.4, 0.5) is 0 Å². The molecular formula is C14H15BrN2O. The number of halogens is 1. The van der Waals surface area contributed by atoms with Crippen molar-refractivity contribution in [2.75, 3.05) is 0 Å². The van der Waals surface area contributed by atoms with Gasteiger partial charge in [0, 0.05) is 5.56 Å². The van der Waals surface area contributed by atoms with E-state index in [9.17, 15) is 5.11 Å². The lowest BCUT2D eigenvalue weighted by atomic mass is 10.1. The van der Waals surface area contributed by atoms with Crippen LogP contribution in [0.15, 0.2) is 28.9 Å². The molecule has 94 valence electrons. The second kappa shape index (κ2) is 4.52. The highest BCUT2D eigenvalue weighted by Gasteiger charge is 2.24. The highest BCUT2D eigenvalue weighted by atomic mass is 79.9. The first-order valence-electron chi connectivity index (χ1n) is 6.16. The van der Waals surface area contributed by atoms with Crippen LogP contribution < -0.4 is 0 Å². The Hall–Kier alpha value is -1.13. The fourth-order valence-corrected chi connectivity index (χ4v) is 3.11. The van der Waals surface area contributed by atoms with Gasteiger partial charge in [-0.05, 0) is 41.3 Å². The largest absolute Gasteiger partial charge is 0.391 e. The van der Waals surface area contributed by atoms with Gasteiger partial charge in [0.05, 0.1) is 18.3 Å². The predicted molar refractivity (Wildman–Crippen MR) is 74.4 cm³/mol. The topological polar surface area (TPSA) is 38.0 Å². The molecule has 1 atom stereocenters. The van der Waals surface area contributed by atoms with Crippen LogP contribution in [-0.2, 0) is 13.0 Å². The number of rotatable bonds is 1. The van der Waals surface area contributed by atoms with Crippen molar-refractivity contribution in [1.82, 2.24) is 9.55 Å². The van der Waals surface area contributed by atoms with Gasteiger partial charge < -0.3 is 9.67 Å². The van der Waals surface area contributed by atoms with Crippen molar-refractivity contribution >= 4 is 15.9 Å². The molecule has 4 heteroatoms. The number of hydrogen-bond acceptors (Lipinski definition) is 2. The number of benzene rings is 1. The van der Waals surface area contributed by atoms with E-state index in [0.29, 0.717) is 6.54 Å². The summed E-state index contributed by atoms with van der Waals surface area (Å²) >= 11 is 3.53. The molecular weight excluding hydrogens is 292 g/mol. The Labute approximate surface area is 115 Å². The van der Waals surface area contributed by atoms with E-state index in [0.717, 1.165) is 28.8 Å². The Morgan fingerprint density at radius 1 is 1.39 bits per heavy atom. The van der Waals surface area contributed by atoms with Crippen LogP contribution in [0.1, 0.15) is 17.7 Å². The van der Waals surface area contributed by atoms with Gasteiger partial charge in [-0.3, -0.25) is 0 Å². The van der Waals surface area contributed by atoms with Crippen molar-refractivity contribution in [3.8, 4) is 11.4 Å². The summed E-state index contributed by atoms with van der Waals surface area (Å²) in [6.07, 6.45) is 1.43. The minimum Gasteiger partial charge on any atom is -0.391 e. The molecule has 0 spiro atoms. The van der Waals surface area contributed by atoms with E-state index in [1.807, 2.05) is 12.1 Å². The predicted octanol–water partition coefficient (Wildman–Crippen LogP) is 2.93. The number of fused-ring (bicyclic) bond motifs is 1. The zero-order valence-corrected chi connectivity index (χ0v) is 11.8. The summed E-state index contributed by atoms with van der Waals surface area (Å²) in [4.78, 5) is 4.63. The van der Waals surface area contributed by atoms with E-state index >= 15 is 0 Å². The van der Waals surface area contributed by atoms with E-state index in [1.165, 1.54) is 11.3 Å². The van der Waals surface area contributed by atoms with E-state index < -0.39 is 0 Å². The summed E-state index contributed by atoms with van der Waals surface area (Å²) in [5.74, 6) is 0.953. The molecule has 0 radical (unpaired) electrons. The molecule has 2 heterocycles. The first kappa shape index (κ1) is 11.9. The molecule has 2 aromatic rings. The Kier molecular flexibility index (Phi) is 2.99. The van der Waals surface area contributed by atoms with E-state index in [-0.39, 0.29) is 6.10 Å². The molecule has 1 aliphatic rings. The van der Waals surface area contributed by atoms with Crippen LogP contribution in [-0.4, -0.2) is 20.8 Å². The first-order chi connectivity index (χ1) is 8.66. The Balaban J connectivity index is 2.17. The Morgan fingerprint density at radius 3 is 2.94 bits per heavy atom. The highest BCUT2D eigenvalue weighted by molar-refractivity contribution is 9.10. The van der Waals surface area contributed by atoms with Crippen molar-refractivity contribution in [2.45, 2.75) is 32.4 Å². The Morgan fingerprint density at radius 2 is 2.17 bits per heavy atom. The molecule has 3 rings (SSSR count). The smallest absolute Gasteiger partial charge is 0.141 e. The van der Waals surface area contributed by atoms with Gasteiger partial charge in [0.1, 0.15) is 10.4 Å². The molecule has 0 amide bonds. The molecule has 1 N–H and O–H groups in total. The van der Waals surface area contributed by atoms with Crippen molar-refractivity contribution in [1.29, 1.82) is 0 Å². The van der Waals surface area contributed by atoms with Gasteiger partial charge in [-0.25, -0.2) is 4.98 Å². The van der Waals surface area contributed by atoms with Gasteiger partial charge in [-0.2, -0.15) is 0 Å². The summed E-state index contributed by atoms with van der Waals surface area (Å²) in [5.41, 5.74) is 3.54. The van der Waals surface area contributed by atoms with Gasteiger partial charge in [0.25, 0.3) is 0 Å². The molecule has 1 aromatic carbocycles. The monoisotopic (exact) mass is 306 g/mol. The van der Waals surface area contributed by atoms with E-state index in [4.69, 9.17) is 0 Å². The second-order valence-corrected chi connectivity index (χ2v) is 5.54. The van der Waals surface area contributed by atoms with Gasteiger partial charge >= 0.3 is 0 Å². The number of aryl methyl sites for hydroxylation is 1. The summed E-state index contributed by atoms with van der Waals surface area (Å²) in [7, 11) is 0. The minimum absolute atomic E-state index is 0.263. The summed E-state index contributed by atoms with van der Waals surface area (Å²) in [6, 6.07) is 8.22. The maximum Gasteiger partial charge on any atom is 0.141 e. The molecule has 1 unspecified atom stereocenters. The standard InChI is InChI=1S/C14H15BrN2O/c1-9-4-2-3-5-11(9)14-16-13(15)12-7-6-10(18)8-17(12)14/h2-5,10,18H,6-8H2,1H3. The van der Waals surface area contributed by atoms with Crippen LogP contribution in [0.3, 0.4) is 0 Å². The summed E-state index contributed by atoms with van der Waals surface area (Å²) in [5, 5.41) is 9.84. The van der Waals surface area contributed by atoms with Crippen LogP contribution in [0.25, 0.3) is 11.4 Å².